The molecule has 1 fully saturated rings. The first-order chi connectivity index (χ1) is 8.50. The highest BCUT2D eigenvalue weighted by molar-refractivity contribution is 5.76. The zero-order valence-electron chi connectivity index (χ0n) is 10.7. The van der Waals surface area contributed by atoms with Crippen molar-refractivity contribution in [1.82, 2.24) is 10.6 Å². The zero-order chi connectivity index (χ0) is 13.5. The van der Waals surface area contributed by atoms with E-state index in [1.807, 2.05) is 0 Å². The van der Waals surface area contributed by atoms with Crippen LogP contribution < -0.4 is 10.6 Å². The van der Waals surface area contributed by atoms with Gasteiger partial charge in [0, 0.05) is 6.04 Å². The second-order valence-electron chi connectivity index (χ2n) is 4.93. The molecule has 0 spiro atoms. The van der Waals surface area contributed by atoms with Crippen LogP contribution >= 0.6 is 0 Å². The van der Waals surface area contributed by atoms with Crippen molar-refractivity contribution in [3.05, 3.63) is 0 Å². The van der Waals surface area contributed by atoms with E-state index in [0.29, 0.717) is 5.92 Å². The van der Waals surface area contributed by atoms with Crippen LogP contribution in [0.2, 0.25) is 0 Å². The number of hydrogen-bond donors (Lipinski definition) is 4. The van der Waals surface area contributed by atoms with Crippen LogP contribution in [0.25, 0.3) is 0 Å². The summed E-state index contributed by atoms with van der Waals surface area (Å²) in [5.74, 6) is -0.902. The predicted octanol–water partition coefficient (Wildman–Crippen LogP) is 0.700. The highest BCUT2D eigenvalue weighted by Crippen LogP contribution is 2.22. The van der Waals surface area contributed by atoms with Gasteiger partial charge in [-0.3, -0.25) is 0 Å². The minimum absolute atomic E-state index is 0.134. The Morgan fingerprint density at radius 3 is 2.61 bits per heavy atom. The highest BCUT2D eigenvalue weighted by Gasteiger charge is 2.22. The third kappa shape index (κ3) is 4.91. The molecule has 0 radical (unpaired) electrons. The standard InChI is InChI=1S/C12H22N2O4/c1-8-5-3-2-4-6-9(8)14-12(18)13-7-10(15)11(16)17/h8-10,15H,2-7H2,1H3,(H,16,17)(H2,13,14,18). The monoisotopic (exact) mass is 258 g/mol. The molecule has 0 aliphatic heterocycles. The van der Waals surface area contributed by atoms with Gasteiger partial charge in [0.15, 0.2) is 6.10 Å². The van der Waals surface area contributed by atoms with Crippen LogP contribution in [-0.2, 0) is 4.79 Å². The number of aliphatic hydroxyl groups is 1. The topological polar surface area (TPSA) is 98.7 Å². The highest BCUT2D eigenvalue weighted by atomic mass is 16.4. The molecule has 104 valence electrons. The molecule has 3 unspecified atom stereocenters. The molecule has 0 saturated heterocycles. The number of carbonyl (C=O) groups is 2. The Hall–Kier alpha value is -1.30. The van der Waals surface area contributed by atoms with Gasteiger partial charge in [-0.15, -0.1) is 0 Å². The van der Waals surface area contributed by atoms with Gasteiger partial charge in [0.25, 0.3) is 0 Å². The quantitative estimate of drug-likeness (QED) is 0.558. The molecular weight excluding hydrogens is 236 g/mol. The summed E-state index contributed by atoms with van der Waals surface area (Å²) in [6.45, 7) is 1.84. The van der Waals surface area contributed by atoms with E-state index in [1.54, 1.807) is 0 Å². The number of carboxylic acids is 1. The number of rotatable bonds is 4. The molecule has 6 heteroatoms. The first kappa shape index (κ1) is 14.8. The summed E-state index contributed by atoms with van der Waals surface area (Å²) in [6, 6.07) is -0.275. The van der Waals surface area contributed by atoms with Crippen molar-refractivity contribution in [3.8, 4) is 0 Å². The maximum Gasteiger partial charge on any atom is 0.334 e. The van der Waals surface area contributed by atoms with E-state index < -0.39 is 18.1 Å². The fourth-order valence-corrected chi connectivity index (χ4v) is 2.20. The molecule has 1 rings (SSSR count). The molecule has 1 aliphatic rings. The molecule has 1 aliphatic carbocycles. The lowest BCUT2D eigenvalue weighted by Crippen LogP contribution is -2.47. The predicted molar refractivity (Wildman–Crippen MR) is 66.2 cm³/mol. The van der Waals surface area contributed by atoms with E-state index in [4.69, 9.17) is 10.2 Å². The van der Waals surface area contributed by atoms with E-state index in [-0.39, 0.29) is 12.6 Å². The van der Waals surface area contributed by atoms with Crippen molar-refractivity contribution in [2.45, 2.75) is 51.2 Å². The van der Waals surface area contributed by atoms with Gasteiger partial charge in [-0.25, -0.2) is 9.59 Å². The summed E-state index contributed by atoms with van der Waals surface area (Å²) >= 11 is 0. The lowest BCUT2D eigenvalue weighted by atomic mass is 9.97. The Balaban J connectivity index is 2.32. The Morgan fingerprint density at radius 2 is 1.94 bits per heavy atom. The molecule has 2 amide bonds. The molecule has 3 atom stereocenters. The maximum atomic E-state index is 11.6. The average molecular weight is 258 g/mol. The molecule has 6 nitrogen and oxygen atoms in total. The number of amides is 2. The van der Waals surface area contributed by atoms with Crippen molar-refractivity contribution in [3.63, 3.8) is 0 Å². The number of aliphatic carboxylic acids is 1. The largest absolute Gasteiger partial charge is 0.479 e. The molecule has 0 bridgehead atoms. The van der Waals surface area contributed by atoms with Crippen LogP contribution in [0.5, 0.6) is 0 Å². The number of carbonyl (C=O) groups excluding carboxylic acids is 1. The van der Waals surface area contributed by atoms with Gasteiger partial charge in [0.1, 0.15) is 0 Å². The van der Waals surface area contributed by atoms with Crippen LogP contribution in [0.15, 0.2) is 0 Å². The van der Waals surface area contributed by atoms with Crippen molar-refractivity contribution < 1.29 is 19.8 Å². The minimum Gasteiger partial charge on any atom is -0.479 e. The summed E-state index contributed by atoms with van der Waals surface area (Å²) in [4.78, 5) is 21.9. The third-order valence-corrected chi connectivity index (χ3v) is 3.42. The van der Waals surface area contributed by atoms with E-state index in [9.17, 15) is 9.59 Å². The van der Waals surface area contributed by atoms with E-state index in [2.05, 4.69) is 17.6 Å². The van der Waals surface area contributed by atoms with E-state index >= 15 is 0 Å². The minimum atomic E-state index is -1.55. The zero-order valence-corrected chi connectivity index (χ0v) is 10.7. The Morgan fingerprint density at radius 1 is 1.28 bits per heavy atom. The molecule has 0 heterocycles. The lowest BCUT2D eigenvalue weighted by Gasteiger charge is -2.23. The number of hydrogen-bond acceptors (Lipinski definition) is 3. The third-order valence-electron chi connectivity index (χ3n) is 3.42. The fraction of sp³-hybridized carbons (Fsp3) is 0.833. The normalized spacial score (nSPS) is 25.9. The Labute approximate surface area is 107 Å². The van der Waals surface area contributed by atoms with Crippen molar-refractivity contribution in [2.24, 2.45) is 5.92 Å². The molecule has 0 aromatic carbocycles. The number of nitrogens with one attached hydrogen (secondary N) is 2. The Kier molecular flexibility index (Phi) is 5.91. The van der Waals surface area contributed by atoms with Gasteiger partial charge >= 0.3 is 12.0 Å². The van der Waals surface area contributed by atoms with Crippen LogP contribution in [0, 0.1) is 5.92 Å². The van der Waals surface area contributed by atoms with Crippen molar-refractivity contribution in [1.29, 1.82) is 0 Å². The molecule has 0 aromatic heterocycles. The van der Waals surface area contributed by atoms with E-state index in [0.717, 1.165) is 19.3 Å². The van der Waals surface area contributed by atoms with Crippen LogP contribution in [-0.4, -0.2) is 40.9 Å². The van der Waals surface area contributed by atoms with Gasteiger partial charge < -0.3 is 20.8 Å². The van der Waals surface area contributed by atoms with Crippen molar-refractivity contribution in [2.75, 3.05) is 6.54 Å². The molecule has 1 saturated carbocycles. The number of aliphatic hydroxyl groups excluding tert-OH is 1. The van der Waals surface area contributed by atoms with Crippen LogP contribution in [0.1, 0.15) is 39.0 Å². The first-order valence-electron chi connectivity index (χ1n) is 6.46. The average Bonchev–Trinajstić information content (AvgIpc) is 2.52. The van der Waals surface area contributed by atoms with Gasteiger partial charge in [0.05, 0.1) is 6.54 Å². The van der Waals surface area contributed by atoms with Gasteiger partial charge in [-0.2, -0.15) is 0 Å². The van der Waals surface area contributed by atoms with Crippen molar-refractivity contribution >= 4 is 12.0 Å². The first-order valence-corrected chi connectivity index (χ1v) is 6.46. The summed E-state index contributed by atoms with van der Waals surface area (Å²) in [7, 11) is 0. The number of urea groups is 1. The molecule has 4 N–H and O–H groups in total. The SMILES string of the molecule is CC1CCCCCC1NC(=O)NCC(O)C(=O)O. The smallest absolute Gasteiger partial charge is 0.334 e. The van der Waals surface area contributed by atoms with Crippen LogP contribution in [0.4, 0.5) is 4.79 Å². The van der Waals surface area contributed by atoms with E-state index in [1.165, 1.54) is 12.8 Å². The second kappa shape index (κ2) is 7.20. The maximum absolute atomic E-state index is 11.6. The van der Waals surface area contributed by atoms with Gasteiger partial charge in [-0.05, 0) is 18.8 Å². The molecule has 18 heavy (non-hydrogen) atoms. The summed E-state index contributed by atoms with van der Waals surface area (Å²) in [6.07, 6.45) is 3.99. The second-order valence-corrected chi connectivity index (χ2v) is 4.93. The summed E-state index contributed by atoms with van der Waals surface area (Å²) < 4.78 is 0. The van der Waals surface area contributed by atoms with Gasteiger partial charge in [-0.1, -0.05) is 26.2 Å². The molecular formula is C12H22N2O4. The van der Waals surface area contributed by atoms with Gasteiger partial charge in [0.2, 0.25) is 0 Å². The Bertz CT molecular complexity index is 296. The molecule has 0 aromatic rings. The fourth-order valence-electron chi connectivity index (χ4n) is 2.20. The summed E-state index contributed by atoms with van der Waals surface area (Å²) in [5, 5.41) is 22.7. The lowest BCUT2D eigenvalue weighted by molar-refractivity contribution is -0.146. The summed E-state index contributed by atoms with van der Waals surface area (Å²) in [5.41, 5.74) is 0. The number of carboxylic acid groups (broad SMARTS) is 1. The van der Waals surface area contributed by atoms with Crippen LogP contribution in [0.3, 0.4) is 0 Å².